The predicted octanol–water partition coefficient (Wildman–Crippen LogP) is 3.34. The van der Waals surface area contributed by atoms with E-state index in [2.05, 4.69) is 12.2 Å². The smallest absolute Gasteiger partial charge is 0.150 e. The Bertz CT molecular complexity index is 569. The molecule has 1 fully saturated rings. The second-order valence-electron chi connectivity index (χ2n) is 5.63. The minimum Gasteiger partial charge on any atom is -0.313 e. The lowest BCUT2D eigenvalue weighted by molar-refractivity contribution is 0.379. The minimum absolute atomic E-state index is 0.0969. The number of sulfone groups is 1. The summed E-state index contributed by atoms with van der Waals surface area (Å²) in [5, 5.41) is 4.76. The van der Waals surface area contributed by atoms with Crippen molar-refractivity contribution in [1.82, 2.24) is 5.32 Å². The molecule has 0 radical (unpaired) electrons. The van der Waals surface area contributed by atoms with E-state index < -0.39 is 9.84 Å². The highest BCUT2D eigenvalue weighted by atomic mass is 35.5. The van der Waals surface area contributed by atoms with Gasteiger partial charge in [-0.05, 0) is 49.4 Å². The lowest BCUT2D eigenvalue weighted by atomic mass is 9.92. The van der Waals surface area contributed by atoms with Crippen molar-refractivity contribution in [3.8, 4) is 0 Å². The van der Waals surface area contributed by atoms with E-state index in [4.69, 9.17) is 23.2 Å². The Balaban J connectivity index is 2.17. The molecule has 0 amide bonds. The molecule has 1 N–H and O–H groups in total. The molecular weight excluding hydrogens is 329 g/mol. The van der Waals surface area contributed by atoms with Gasteiger partial charge in [0.1, 0.15) is 0 Å². The van der Waals surface area contributed by atoms with Gasteiger partial charge in [0.2, 0.25) is 0 Å². The first-order chi connectivity index (χ1) is 9.93. The van der Waals surface area contributed by atoms with Crippen LogP contribution in [0.15, 0.2) is 18.2 Å². The third kappa shape index (κ3) is 4.59. The molecule has 0 spiro atoms. The van der Waals surface area contributed by atoms with E-state index in [1.54, 1.807) is 0 Å². The van der Waals surface area contributed by atoms with Crippen molar-refractivity contribution < 1.29 is 8.42 Å². The molecule has 1 aromatic carbocycles. The average molecular weight is 350 g/mol. The van der Waals surface area contributed by atoms with Crippen molar-refractivity contribution in [1.29, 1.82) is 0 Å². The van der Waals surface area contributed by atoms with Gasteiger partial charge in [0.15, 0.2) is 9.84 Å². The Hall–Kier alpha value is -0.290. The summed E-state index contributed by atoms with van der Waals surface area (Å²) in [4.78, 5) is 0. The first-order valence-electron chi connectivity index (χ1n) is 7.29. The van der Waals surface area contributed by atoms with Crippen LogP contribution < -0.4 is 5.32 Å². The van der Waals surface area contributed by atoms with Crippen LogP contribution in [-0.2, 0) is 16.3 Å². The normalized spacial score (nSPS) is 22.3. The predicted molar refractivity (Wildman–Crippen MR) is 89.0 cm³/mol. The summed E-state index contributed by atoms with van der Waals surface area (Å²) in [7, 11) is -2.88. The van der Waals surface area contributed by atoms with Crippen molar-refractivity contribution in [2.75, 3.05) is 18.1 Å². The van der Waals surface area contributed by atoms with Crippen LogP contribution in [0.2, 0.25) is 10.0 Å². The second-order valence-corrected chi connectivity index (χ2v) is 8.67. The number of hydrogen-bond acceptors (Lipinski definition) is 3. The van der Waals surface area contributed by atoms with Gasteiger partial charge < -0.3 is 5.32 Å². The third-order valence-corrected chi connectivity index (χ3v) is 6.48. The van der Waals surface area contributed by atoms with E-state index in [0.717, 1.165) is 18.5 Å². The van der Waals surface area contributed by atoms with Gasteiger partial charge in [-0.25, -0.2) is 8.42 Å². The summed E-state index contributed by atoms with van der Waals surface area (Å²) in [6, 6.07) is 5.57. The van der Waals surface area contributed by atoms with Gasteiger partial charge in [0.25, 0.3) is 0 Å². The van der Waals surface area contributed by atoms with Crippen LogP contribution in [0.5, 0.6) is 0 Å². The molecule has 2 rings (SSSR count). The van der Waals surface area contributed by atoms with Crippen LogP contribution >= 0.6 is 23.2 Å². The molecule has 2 atom stereocenters. The Morgan fingerprint density at radius 2 is 2.00 bits per heavy atom. The SMILES string of the molecule is CCCNC(Cc1c(Cl)cccc1Cl)C1CCS(=O)(=O)C1. The van der Waals surface area contributed by atoms with E-state index in [0.29, 0.717) is 22.9 Å². The van der Waals surface area contributed by atoms with Gasteiger partial charge in [-0.15, -0.1) is 0 Å². The van der Waals surface area contributed by atoms with Crippen LogP contribution in [0.4, 0.5) is 0 Å². The molecule has 1 aromatic rings. The van der Waals surface area contributed by atoms with E-state index >= 15 is 0 Å². The summed E-state index contributed by atoms with van der Waals surface area (Å²) < 4.78 is 23.5. The molecule has 1 saturated heterocycles. The van der Waals surface area contributed by atoms with Gasteiger partial charge in [-0.1, -0.05) is 36.2 Å². The van der Waals surface area contributed by atoms with Gasteiger partial charge in [0.05, 0.1) is 11.5 Å². The maximum atomic E-state index is 11.7. The first-order valence-corrected chi connectivity index (χ1v) is 9.87. The highest BCUT2D eigenvalue weighted by molar-refractivity contribution is 7.91. The van der Waals surface area contributed by atoms with Crippen LogP contribution in [0.25, 0.3) is 0 Å². The summed E-state index contributed by atoms with van der Waals surface area (Å²) >= 11 is 12.5. The van der Waals surface area contributed by atoms with Crippen LogP contribution in [0.1, 0.15) is 25.3 Å². The second kappa shape index (κ2) is 7.32. The first kappa shape index (κ1) is 17.1. The zero-order valence-corrected chi connectivity index (χ0v) is 14.4. The Morgan fingerprint density at radius 3 is 2.52 bits per heavy atom. The summed E-state index contributed by atoms with van der Waals surface area (Å²) in [5.74, 6) is 0.684. The summed E-state index contributed by atoms with van der Waals surface area (Å²) in [6.45, 7) is 2.96. The lowest BCUT2D eigenvalue weighted by Gasteiger charge is -2.25. The van der Waals surface area contributed by atoms with Crippen LogP contribution in [0.3, 0.4) is 0 Å². The van der Waals surface area contributed by atoms with Crippen LogP contribution in [-0.4, -0.2) is 32.5 Å². The van der Waals surface area contributed by atoms with E-state index in [-0.39, 0.29) is 23.5 Å². The Morgan fingerprint density at radius 1 is 1.33 bits per heavy atom. The number of hydrogen-bond donors (Lipinski definition) is 1. The molecule has 0 bridgehead atoms. The molecule has 0 saturated carbocycles. The highest BCUT2D eigenvalue weighted by Crippen LogP contribution is 2.30. The topological polar surface area (TPSA) is 46.2 Å². The number of nitrogens with one attached hydrogen (secondary N) is 1. The monoisotopic (exact) mass is 349 g/mol. The number of rotatable bonds is 6. The molecular formula is C15H21Cl2NO2S. The van der Waals surface area contributed by atoms with Crippen molar-refractivity contribution >= 4 is 33.0 Å². The van der Waals surface area contributed by atoms with E-state index in [1.807, 2.05) is 18.2 Å². The van der Waals surface area contributed by atoms with Gasteiger partial charge in [-0.3, -0.25) is 0 Å². The number of benzene rings is 1. The largest absolute Gasteiger partial charge is 0.313 e. The van der Waals surface area contributed by atoms with Crippen molar-refractivity contribution in [3.63, 3.8) is 0 Å². The van der Waals surface area contributed by atoms with Crippen molar-refractivity contribution in [2.24, 2.45) is 5.92 Å². The van der Waals surface area contributed by atoms with Gasteiger partial charge in [0, 0.05) is 16.1 Å². The molecule has 1 aliphatic rings. The fourth-order valence-corrected chi connectivity index (χ4v) is 5.26. The molecule has 118 valence electrons. The molecule has 1 heterocycles. The molecule has 2 unspecified atom stereocenters. The quantitative estimate of drug-likeness (QED) is 0.856. The molecule has 0 aromatic heterocycles. The fourth-order valence-electron chi connectivity index (χ4n) is 2.82. The zero-order valence-electron chi connectivity index (χ0n) is 12.1. The lowest BCUT2D eigenvalue weighted by Crippen LogP contribution is -2.39. The van der Waals surface area contributed by atoms with Crippen LogP contribution in [0, 0.1) is 5.92 Å². The molecule has 21 heavy (non-hydrogen) atoms. The highest BCUT2D eigenvalue weighted by Gasteiger charge is 2.33. The Labute approximate surface area is 136 Å². The third-order valence-electron chi connectivity index (χ3n) is 3.98. The maximum absolute atomic E-state index is 11.7. The van der Waals surface area contributed by atoms with Gasteiger partial charge in [-0.2, -0.15) is 0 Å². The minimum atomic E-state index is -2.88. The molecule has 0 aliphatic carbocycles. The zero-order chi connectivity index (χ0) is 15.5. The Kier molecular flexibility index (Phi) is 5.95. The maximum Gasteiger partial charge on any atom is 0.150 e. The van der Waals surface area contributed by atoms with E-state index in [1.165, 1.54) is 0 Å². The molecule has 1 aliphatic heterocycles. The average Bonchev–Trinajstić information content (AvgIpc) is 2.78. The van der Waals surface area contributed by atoms with Gasteiger partial charge >= 0.3 is 0 Å². The number of halogens is 2. The summed E-state index contributed by atoms with van der Waals surface area (Å²) in [5.41, 5.74) is 0.902. The molecule has 6 heteroatoms. The van der Waals surface area contributed by atoms with E-state index in [9.17, 15) is 8.42 Å². The fraction of sp³-hybridized carbons (Fsp3) is 0.600. The summed E-state index contributed by atoms with van der Waals surface area (Å²) in [6.07, 6.45) is 2.39. The standard InChI is InChI=1S/C15H21Cl2NO2S/c1-2-7-18-15(11-6-8-21(19,20)10-11)9-12-13(16)4-3-5-14(12)17/h3-5,11,15,18H,2,6-10H2,1H3. The van der Waals surface area contributed by atoms with Crippen molar-refractivity contribution in [2.45, 2.75) is 32.2 Å². The van der Waals surface area contributed by atoms with Crippen molar-refractivity contribution in [3.05, 3.63) is 33.8 Å². The molecule has 3 nitrogen and oxygen atoms in total.